The number of aliphatic carboxylic acids is 1. The Hall–Kier alpha value is -4.83. The molecule has 0 saturated carbocycles. The molecule has 324 valence electrons. The highest BCUT2D eigenvalue weighted by Gasteiger charge is 2.47. The zero-order valence-electron chi connectivity index (χ0n) is 33.6. The molecule has 5 rings (SSSR count). The second-order valence-electron chi connectivity index (χ2n) is 14.2. The van der Waals surface area contributed by atoms with Crippen LogP contribution in [0, 0.1) is 0 Å². The fraction of sp³-hybridized carbons (Fsp3) is 0.475. The van der Waals surface area contributed by atoms with E-state index in [2.05, 4.69) is 25.9 Å². The number of imidazole rings is 1. The minimum Gasteiger partial charge on any atom is -0.480 e. The van der Waals surface area contributed by atoms with Crippen molar-refractivity contribution >= 4 is 58.6 Å². The van der Waals surface area contributed by atoms with Crippen molar-refractivity contribution in [2.45, 2.75) is 61.4 Å². The van der Waals surface area contributed by atoms with Crippen LogP contribution in [0.2, 0.25) is 0 Å². The third-order valence-electron chi connectivity index (χ3n) is 9.29. The Morgan fingerprint density at radius 2 is 1.67 bits per heavy atom. The minimum absolute atomic E-state index is 0.00687. The number of carboxylic acids is 1. The van der Waals surface area contributed by atoms with Crippen LogP contribution in [0.5, 0.6) is 0 Å². The van der Waals surface area contributed by atoms with Gasteiger partial charge >= 0.3 is 11.7 Å². The summed E-state index contributed by atoms with van der Waals surface area (Å²) in [4.78, 5) is 74.0. The maximum atomic E-state index is 13.8. The molecule has 1 aromatic carbocycles. The first-order valence-electron chi connectivity index (χ1n) is 19.5. The number of ether oxygens (including phenoxy) is 3. The molecule has 20 heteroatoms. The number of benzene rings is 1. The molecule has 0 radical (unpaired) electrons. The number of pyridine rings is 2. The van der Waals surface area contributed by atoms with Crippen molar-refractivity contribution in [3.8, 4) is 5.69 Å². The second-order valence-corrected chi connectivity index (χ2v) is 16.9. The van der Waals surface area contributed by atoms with Gasteiger partial charge in [0, 0.05) is 60.8 Å². The molecule has 3 aromatic heterocycles. The smallest absolute Gasteiger partial charge is 0.335 e. The number of carbonyl (C=O) groups is 4. The Kier molecular flexibility index (Phi) is 17.9. The van der Waals surface area contributed by atoms with Crippen molar-refractivity contribution in [1.82, 2.24) is 39.4 Å². The van der Waals surface area contributed by atoms with Gasteiger partial charge in [0.25, 0.3) is 0 Å². The van der Waals surface area contributed by atoms with Crippen molar-refractivity contribution in [3.05, 3.63) is 83.2 Å². The van der Waals surface area contributed by atoms with Crippen LogP contribution in [0.4, 0.5) is 0 Å². The summed E-state index contributed by atoms with van der Waals surface area (Å²) in [7, 11) is 0. The highest BCUT2D eigenvalue weighted by Crippen LogP contribution is 2.44. The van der Waals surface area contributed by atoms with Gasteiger partial charge in [0.1, 0.15) is 18.6 Å². The van der Waals surface area contributed by atoms with E-state index in [1.807, 2.05) is 30.3 Å². The highest BCUT2D eigenvalue weighted by atomic mass is 32.2. The molecule has 1 aliphatic rings. The number of aliphatic hydroxyl groups is 1. The maximum Gasteiger partial charge on any atom is 0.335 e. The van der Waals surface area contributed by atoms with E-state index in [0.29, 0.717) is 47.9 Å². The average Bonchev–Trinajstić information content (AvgIpc) is 3.69. The summed E-state index contributed by atoms with van der Waals surface area (Å²) < 4.78 is 20.3. The van der Waals surface area contributed by atoms with Crippen molar-refractivity contribution in [2.75, 3.05) is 65.2 Å². The molecule has 0 aliphatic carbocycles. The number of carboxylic acid groups (broad SMARTS) is 1. The van der Waals surface area contributed by atoms with Crippen LogP contribution in [0.1, 0.15) is 32.3 Å². The molecule has 4 heterocycles. The van der Waals surface area contributed by atoms with Gasteiger partial charge in [-0.15, -0.1) is 11.8 Å². The summed E-state index contributed by atoms with van der Waals surface area (Å²) in [6, 6.07) is 12.0. The van der Waals surface area contributed by atoms with E-state index in [0.717, 1.165) is 4.90 Å². The molecule has 1 saturated heterocycles. The predicted molar refractivity (Wildman–Crippen MR) is 226 cm³/mol. The van der Waals surface area contributed by atoms with E-state index in [9.17, 15) is 29.1 Å². The summed E-state index contributed by atoms with van der Waals surface area (Å²) in [5, 5.41) is 27.1. The lowest BCUT2D eigenvalue weighted by molar-refractivity contribution is -0.142. The normalized spacial score (nSPS) is 15.5. The molecule has 4 aromatic rings. The number of aliphatic hydroxyl groups excluding tert-OH is 1. The molecule has 0 bridgehead atoms. The Morgan fingerprint density at radius 3 is 2.40 bits per heavy atom. The highest BCUT2D eigenvalue weighted by molar-refractivity contribution is 8.03. The van der Waals surface area contributed by atoms with Gasteiger partial charge < -0.3 is 40.4 Å². The predicted octanol–water partition coefficient (Wildman–Crippen LogP) is 1.61. The lowest BCUT2D eigenvalue weighted by Gasteiger charge is -2.30. The van der Waals surface area contributed by atoms with Crippen LogP contribution in [0.3, 0.4) is 0 Å². The first-order chi connectivity index (χ1) is 29.0. The van der Waals surface area contributed by atoms with Crippen LogP contribution in [-0.2, 0) is 46.4 Å². The summed E-state index contributed by atoms with van der Waals surface area (Å²) in [6.07, 6.45) is 5.81. The topological polar surface area (TPSA) is 228 Å². The van der Waals surface area contributed by atoms with Crippen molar-refractivity contribution in [1.29, 1.82) is 0 Å². The van der Waals surface area contributed by atoms with E-state index in [-0.39, 0.29) is 77.4 Å². The van der Waals surface area contributed by atoms with Gasteiger partial charge in [-0.2, -0.15) is 0 Å². The monoisotopic (exact) mass is 868 g/mol. The van der Waals surface area contributed by atoms with Crippen LogP contribution in [-0.4, -0.2) is 139 Å². The number of hydrogen-bond donors (Lipinski definition) is 5. The quantitative estimate of drug-likeness (QED) is 0.0471. The number of fused-ring (bicyclic) bond motifs is 1. The first-order valence-corrected chi connectivity index (χ1v) is 21.3. The fourth-order valence-corrected chi connectivity index (χ4v) is 8.76. The molecular formula is C40H52N8O10S2. The largest absolute Gasteiger partial charge is 0.480 e. The Labute approximate surface area is 355 Å². The summed E-state index contributed by atoms with van der Waals surface area (Å²) in [6.45, 7) is 6.07. The summed E-state index contributed by atoms with van der Waals surface area (Å²) in [5.41, 5.74) is 1.40. The third kappa shape index (κ3) is 13.3. The number of nitrogens with zero attached hydrogens (tertiary/aromatic N) is 5. The number of nitrogens with one attached hydrogen (secondary N) is 3. The van der Waals surface area contributed by atoms with E-state index < -0.39 is 34.4 Å². The molecule has 2 atom stereocenters. The lowest BCUT2D eigenvalue weighted by atomic mass is 10.0. The average molecular weight is 869 g/mol. The summed E-state index contributed by atoms with van der Waals surface area (Å²) >= 11 is 3.02. The standard InChI is InChI=1S/C40H52N8O10S2/c1-40(2)35(47(27-59-40)60-30-6-3-13-41-25-30)37(52)45-31(38(53)54)24-28-8-10-29(11-9-28)48-36-32(7-4-14-44-36)46(39(48)55)26-34(51)43-16-20-58-23-22-57-19-12-33(50)42-15-5-18-56-21-17-49/h3-4,6-11,13-14,25,31,35,49H,5,12,15-24,26-27H2,1-2H3,(H,42,50)(H,43,51)(H,45,52)(H,53,54)/t31-,35+/m0/s1. The van der Waals surface area contributed by atoms with Gasteiger partial charge in [-0.3, -0.25) is 23.9 Å². The fourth-order valence-electron chi connectivity index (χ4n) is 6.34. The number of rotatable bonds is 25. The molecule has 60 heavy (non-hydrogen) atoms. The van der Waals surface area contributed by atoms with Gasteiger partial charge in [0.2, 0.25) is 17.7 Å². The lowest BCUT2D eigenvalue weighted by Crippen LogP contribution is -2.54. The zero-order valence-corrected chi connectivity index (χ0v) is 35.3. The van der Waals surface area contributed by atoms with Crippen LogP contribution in [0.25, 0.3) is 16.9 Å². The molecule has 0 spiro atoms. The third-order valence-corrected chi connectivity index (χ3v) is 11.9. The van der Waals surface area contributed by atoms with Gasteiger partial charge in [-0.05, 0) is 74.2 Å². The number of hydrogen-bond acceptors (Lipinski definition) is 14. The van der Waals surface area contributed by atoms with Crippen LogP contribution < -0.4 is 21.6 Å². The van der Waals surface area contributed by atoms with Gasteiger partial charge in [-0.1, -0.05) is 12.1 Å². The van der Waals surface area contributed by atoms with E-state index in [1.165, 1.54) is 21.1 Å². The SMILES string of the molecule is CC1(C)SCN(Sc2cccnc2)[C@@H]1C(=O)N[C@@H](Cc1ccc(-n2c(=O)n(CC(=O)NCCOCCOCCC(=O)NCCCOCCO)c3cccnc32)cc1)C(=O)O. The number of amides is 3. The zero-order chi connectivity index (χ0) is 42.9. The Bertz CT molecular complexity index is 2080. The van der Waals surface area contributed by atoms with Crippen LogP contribution in [0.15, 0.2) is 76.8 Å². The van der Waals surface area contributed by atoms with Gasteiger partial charge in [0.15, 0.2) is 5.65 Å². The van der Waals surface area contributed by atoms with E-state index >= 15 is 0 Å². The molecule has 1 fully saturated rings. The molecule has 1 aliphatic heterocycles. The van der Waals surface area contributed by atoms with E-state index in [1.54, 1.807) is 66.8 Å². The molecular weight excluding hydrogens is 817 g/mol. The minimum atomic E-state index is -1.20. The Balaban J connectivity index is 1.10. The molecule has 3 amide bonds. The van der Waals surface area contributed by atoms with Crippen LogP contribution >= 0.6 is 23.7 Å². The Morgan fingerprint density at radius 1 is 0.933 bits per heavy atom. The number of carbonyl (C=O) groups excluding carboxylic acids is 3. The van der Waals surface area contributed by atoms with Crippen molar-refractivity contribution in [3.63, 3.8) is 0 Å². The number of aromatic nitrogens is 4. The number of thioether (sulfide) groups is 1. The molecule has 5 N–H and O–H groups in total. The van der Waals surface area contributed by atoms with Crippen molar-refractivity contribution < 1.29 is 43.6 Å². The van der Waals surface area contributed by atoms with Gasteiger partial charge in [-0.25, -0.2) is 23.4 Å². The molecule has 18 nitrogen and oxygen atoms in total. The van der Waals surface area contributed by atoms with E-state index in [4.69, 9.17) is 19.3 Å². The maximum absolute atomic E-state index is 13.8. The first kappa shape index (κ1) is 46.2. The van der Waals surface area contributed by atoms with Gasteiger partial charge in [0.05, 0.1) is 56.7 Å². The summed E-state index contributed by atoms with van der Waals surface area (Å²) in [5.74, 6) is -1.52. The second kappa shape index (κ2) is 23.2. The van der Waals surface area contributed by atoms with Crippen molar-refractivity contribution in [2.24, 2.45) is 0 Å². The molecule has 0 unspecified atom stereocenters.